The number of ether oxygens (including phenoxy) is 1. The summed E-state index contributed by atoms with van der Waals surface area (Å²) in [5, 5.41) is 18.4. The predicted molar refractivity (Wildman–Crippen MR) is 139 cm³/mol. The quantitative estimate of drug-likeness (QED) is 0.302. The average molecular weight is 476 g/mol. The summed E-state index contributed by atoms with van der Waals surface area (Å²) in [6.45, 7) is 9.59. The summed E-state index contributed by atoms with van der Waals surface area (Å²) in [4.78, 5) is 15.3. The number of fused-ring (bicyclic) bond motifs is 1. The van der Waals surface area contributed by atoms with Crippen LogP contribution in [0, 0.1) is 13.8 Å². The first kappa shape index (κ1) is 24.8. The molecule has 186 valence electrons. The van der Waals surface area contributed by atoms with Crippen molar-refractivity contribution in [3.8, 4) is 22.8 Å². The molecule has 0 fully saturated rings. The number of carbonyl (C=O) groups excluding carboxylic acids is 1. The van der Waals surface area contributed by atoms with E-state index >= 15 is 0 Å². The highest BCUT2D eigenvalue weighted by Crippen LogP contribution is 2.45. The number of aromatic hydroxyl groups is 1. The molecule has 2 N–H and O–H groups in total. The van der Waals surface area contributed by atoms with Gasteiger partial charge in [0.1, 0.15) is 22.9 Å². The molecule has 0 radical (unpaired) electrons. The number of unbranched alkanes of at least 4 members (excludes halogenated alkanes) is 4. The lowest BCUT2D eigenvalue weighted by molar-refractivity contribution is 0.0741. The van der Waals surface area contributed by atoms with Gasteiger partial charge < -0.3 is 14.7 Å². The molecule has 35 heavy (non-hydrogen) atoms. The van der Waals surface area contributed by atoms with Crippen molar-refractivity contribution < 1.29 is 14.6 Å². The van der Waals surface area contributed by atoms with E-state index < -0.39 is 0 Å². The third kappa shape index (κ3) is 5.07. The van der Waals surface area contributed by atoms with E-state index in [4.69, 9.17) is 4.74 Å². The van der Waals surface area contributed by atoms with Crippen LogP contribution in [0.1, 0.15) is 91.2 Å². The zero-order chi connectivity index (χ0) is 24.9. The Morgan fingerprint density at radius 1 is 1.03 bits per heavy atom. The van der Waals surface area contributed by atoms with E-state index in [2.05, 4.69) is 24.0 Å². The smallest absolute Gasteiger partial charge is 0.273 e. The number of benzene rings is 2. The molecule has 2 heterocycles. The molecule has 6 heteroatoms. The molecule has 0 bridgehead atoms. The van der Waals surface area contributed by atoms with Crippen molar-refractivity contribution in [1.29, 1.82) is 0 Å². The zero-order valence-corrected chi connectivity index (χ0v) is 21.4. The number of aromatic nitrogens is 2. The van der Waals surface area contributed by atoms with Crippen LogP contribution in [0.15, 0.2) is 36.4 Å². The minimum absolute atomic E-state index is 0.0442. The Hall–Kier alpha value is -3.28. The minimum atomic E-state index is -0.267. The second-order valence-corrected chi connectivity index (χ2v) is 9.57. The highest BCUT2D eigenvalue weighted by atomic mass is 16.5. The first-order chi connectivity index (χ1) is 17.0. The topological polar surface area (TPSA) is 78.5 Å². The van der Waals surface area contributed by atoms with Crippen LogP contribution in [0.5, 0.6) is 11.5 Å². The maximum Gasteiger partial charge on any atom is 0.273 e. The van der Waals surface area contributed by atoms with Crippen LogP contribution >= 0.6 is 0 Å². The van der Waals surface area contributed by atoms with E-state index in [1.54, 1.807) is 0 Å². The maximum atomic E-state index is 13.4. The Kier molecular flexibility index (Phi) is 7.79. The van der Waals surface area contributed by atoms with E-state index in [-0.39, 0.29) is 17.7 Å². The van der Waals surface area contributed by atoms with Crippen molar-refractivity contribution in [3.05, 3.63) is 64.3 Å². The molecule has 1 aliphatic rings. The van der Waals surface area contributed by atoms with Gasteiger partial charge in [-0.1, -0.05) is 57.7 Å². The fourth-order valence-electron chi connectivity index (χ4n) is 4.91. The molecule has 1 amide bonds. The number of phenols is 1. The van der Waals surface area contributed by atoms with Gasteiger partial charge in [0.2, 0.25) is 0 Å². The van der Waals surface area contributed by atoms with Crippen LogP contribution in [-0.4, -0.2) is 39.3 Å². The Morgan fingerprint density at radius 3 is 2.49 bits per heavy atom. The molecule has 0 saturated heterocycles. The van der Waals surface area contributed by atoms with E-state index in [1.165, 1.54) is 19.3 Å². The summed E-state index contributed by atoms with van der Waals surface area (Å²) in [5.41, 5.74) is 5.48. The van der Waals surface area contributed by atoms with E-state index in [1.807, 2.05) is 55.1 Å². The molecule has 2 aromatic carbocycles. The second kappa shape index (κ2) is 11.0. The van der Waals surface area contributed by atoms with Crippen molar-refractivity contribution in [2.24, 2.45) is 0 Å². The highest BCUT2D eigenvalue weighted by Gasteiger charge is 2.42. The lowest BCUT2D eigenvalue weighted by Gasteiger charge is -2.26. The number of amides is 1. The molecule has 3 aromatic rings. The number of hydrogen-bond donors (Lipinski definition) is 2. The third-order valence-electron chi connectivity index (χ3n) is 6.78. The van der Waals surface area contributed by atoms with Gasteiger partial charge in [0.25, 0.3) is 5.91 Å². The van der Waals surface area contributed by atoms with Gasteiger partial charge in [-0.3, -0.25) is 9.89 Å². The van der Waals surface area contributed by atoms with Gasteiger partial charge in [-0.05, 0) is 61.6 Å². The number of H-pyrrole nitrogens is 1. The molecule has 0 aliphatic carbocycles. The Morgan fingerprint density at radius 2 is 1.77 bits per heavy atom. The Bertz CT molecular complexity index is 1170. The average Bonchev–Trinajstić information content (AvgIpc) is 3.39. The van der Waals surface area contributed by atoms with Gasteiger partial charge in [-0.25, -0.2) is 0 Å². The Balaban J connectivity index is 1.69. The molecular weight excluding hydrogens is 438 g/mol. The van der Waals surface area contributed by atoms with E-state index in [0.717, 1.165) is 47.3 Å². The minimum Gasteiger partial charge on any atom is -0.507 e. The number of aromatic amines is 1. The molecule has 0 spiro atoms. The van der Waals surface area contributed by atoms with Crippen LogP contribution in [0.2, 0.25) is 0 Å². The SMILES string of the molecule is CCCCCCOc1ccc(C2c3c(-c4cc(C)cc(C)c4O)n[nH]c3C(=O)N2CCCC)cc1. The molecule has 1 unspecified atom stereocenters. The lowest BCUT2D eigenvalue weighted by atomic mass is 9.94. The van der Waals surface area contributed by atoms with Crippen LogP contribution in [0.4, 0.5) is 0 Å². The number of carbonyl (C=O) groups is 1. The first-order valence-corrected chi connectivity index (χ1v) is 12.9. The summed E-state index contributed by atoms with van der Waals surface area (Å²) in [5.74, 6) is 1.00. The zero-order valence-electron chi connectivity index (χ0n) is 21.4. The summed E-state index contributed by atoms with van der Waals surface area (Å²) in [6, 6.07) is 11.7. The number of aryl methyl sites for hydroxylation is 2. The Labute approximate surface area is 208 Å². The first-order valence-electron chi connectivity index (χ1n) is 12.9. The number of nitrogens with zero attached hydrogens (tertiary/aromatic N) is 2. The fourth-order valence-corrected chi connectivity index (χ4v) is 4.91. The van der Waals surface area contributed by atoms with Crippen molar-refractivity contribution in [1.82, 2.24) is 15.1 Å². The lowest BCUT2D eigenvalue weighted by Crippen LogP contribution is -2.30. The monoisotopic (exact) mass is 475 g/mol. The van der Waals surface area contributed by atoms with Gasteiger partial charge in [0.15, 0.2) is 0 Å². The molecule has 6 nitrogen and oxygen atoms in total. The largest absolute Gasteiger partial charge is 0.507 e. The van der Waals surface area contributed by atoms with Crippen LogP contribution in [-0.2, 0) is 0 Å². The molecule has 1 aliphatic heterocycles. The fraction of sp³-hybridized carbons (Fsp3) is 0.448. The molecular formula is C29H37N3O3. The third-order valence-corrected chi connectivity index (χ3v) is 6.78. The van der Waals surface area contributed by atoms with Crippen molar-refractivity contribution in [3.63, 3.8) is 0 Å². The molecule has 0 saturated carbocycles. The standard InChI is InChI=1S/C29H37N3O3/c1-5-7-9-10-16-35-22-13-11-21(12-14-22)27-24-25(23-18-19(3)17-20(4)28(23)33)30-31-26(24)29(34)32(27)15-8-6-2/h11-14,17-18,27,33H,5-10,15-16H2,1-4H3,(H,30,31). The number of hydrogen-bond acceptors (Lipinski definition) is 4. The van der Waals surface area contributed by atoms with Crippen LogP contribution in [0.25, 0.3) is 11.3 Å². The van der Waals surface area contributed by atoms with Gasteiger partial charge in [0, 0.05) is 17.7 Å². The summed E-state index contributed by atoms with van der Waals surface area (Å²) < 4.78 is 5.94. The molecule has 1 atom stereocenters. The van der Waals surface area contributed by atoms with E-state index in [9.17, 15) is 9.90 Å². The number of phenolic OH excluding ortho intramolecular Hbond substituents is 1. The summed E-state index contributed by atoms with van der Waals surface area (Å²) >= 11 is 0. The maximum absolute atomic E-state index is 13.4. The van der Waals surface area contributed by atoms with Gasteiger partial charge in [-0.2, -0.15) is 5.10 Å². The number of rotatable bonds is 11. The number of nitrogens with one attached hydrogen (secondary N) is 1. The normalized spacial score (nSPS) is 15.0. The summed E-state index contributed by atoms with van der Waals surface area (Å²) in [7, 11) is 0. The molecule has 4 rings (SSSR count). The van der Waals surface area contributed by atoms with E-state index in [0.29, 0.717) is 30.1 Å². The molecule has 1 aromatic heterocycles. The van der Waals surface area contributed by atoms with Crippen molar-refractivity contribution in [2.75, 3.05) is 13.2 Å². The predicted octanol–water partition coefficient (Wildman–Crippen LogP) is 6.70. The highest BCUT2D eigenvalue weighted by molar-refractivity contribution is 6.00. The van der Waals surface area contributed by atoms with Gasteiger partial charge in [-0.15, -0.1) is 0 Å². The van der Waals surface area contributed by atoms with Gasteiger partial charge >= 0.3 is 0 Å². The van der Waals surface area contributed by atoms with Crippen LogP contribution < -0.4 is 4.74 Å². The summed E-state index contributed by atoms with van der Waals surface area (Å²) in [6.07, 6.45) is 6.60. The van der Waals surface area contributed by atoms with Gasteiger partial charge in [0.05, 0.1) is 12.6 Å². The second-order valence-electron chi connectivity index (χ2n) is 9.57. The van der Waals surface area contributed by atoms with Crippen LogP contribution in [0.3, 0.4) is 0 Å². The van der Waals surface area contributed by atoms with Crippen molar-refractivity contribution >= 4 is 5.91 Å². The van der Waals surface area contributed by atoms with Crippen molar-refractivity contribution in [2.45, 2.75) is 72.3 Å².